The number of nitrogens with zero attached hydrogens (tertiary/aromatic N) is 1. The van der Waals surface area contributed by atoms with Gasteiger partial charge in [-0.25, -0.2) is 4.79 Å². The molecule has 94 valence electrons. The number of aromatic carboxylic acids is 1. The van der Waals surface area contributed by atoms with Crippen molar-refractivity contribution in [2.24, 2.45) is 0 Å². The largest absolute Gasteiger partial charge is 0.478 e. The predicted molar refractivity (Wildman–Crippen MR) is 76.0 cm³/mol. The average Bonchev–Trinajstić information content (AvgIpc) is 2.57. The van der Waals surface area contributed by atoms with E-state index in [1.54, 1.807) is 6.92 Å². The number of aromatic nitrogens is 1. The molecule has 1 heterocycles. The topological polar surface area (TPSA) is 62.2 Å². The molecule has 1 aromatic carbocycles. The smallest absolute Gasteiger partial charge is 0.340 e. The van der Waals surface area contributed by atoms with Crippen molar-refractivity contribution in [2.75, 3.05) is 5.32 Å². The summed E-state index contributed by atoms with van der Waals surface area (Å²) in [6.07, 6.45) is 0. The van der Waals surface area contributed by atoms with Crippen LogP contribution in [0.25, 0.3) is 0 Å². The highest BCUT2D eigenvalue weighted by atomic mass is 79.9. The standard InChI is InChI=1S/C12H11BrN2O2S/c1-6-3-8(13)5-9(4-6)14-11-10(12(16)17)7(2)15-18-11/h3-5,14H,1-2H3,(H,16,17). The number of hydrogen-bond acceptors (Lipinski definition) is 4. The number of carboxylic acid groups (broad SMARTS) is 1. The lowest BCUT2D eigenvalue weighted by atomic mass is 10.2. The molecule has 0 aliphatic rings. The normalized spacial score (nSPS) is 10.4. The molecule has 0 bridgehead atoms. The van der Waals surface area contributed by atoms with Crippen molar-refractivity contribution in [2.45, 2.75) is 13.8 Å². The van der Waals surface area contributed by atoms with E-state index in [0.717, 1.165) is 27.3 Å². The molecule has 2 aromatic rings. The van der Waals surface area contributed by atoms with E-state index in [1.807, 2.05) is 25.1 Å². The Hall–Kier alpha value is -1.40. The SMILES string of the molecule is Cc1cc(Br)cc(Nc2snc(C)c2C(=O)O)c1. The highest BCUT2D eigenvalue weighted by Gasteiger charge is 2.17. The van der Waals surface area contributed by atoms with Crippen LogP contribution < -0.4 is 5.32 Å². The van der Waals surface area contributed by atoms with Crippen LogP contribution in [-0.2, 0) is 0 Å². The molecule has 0 saturated heterocycles. The molecule has 6 heteroatoms. The van der Waals surface area contributed by atoms with E-state index in [0.29, 0.717) is 10.7 Å². The van der Waals surface area contributed by atoms with Crippen LogP contribution in [0.5, 0.6) is 0 Å². The second-order valence-electron chi connectivity index (χ2n) is 3.92. The van der Waals surface area contributed by atoms with Gasteiger partial charge in [-0.15, -0.1) is 0 Å². The molecule has 0 atom stereocenters. The Labute approximate surface area is 117 Å². The maximum Gasteiger partial charge on any atom is 0.340 e. The first kappa shape index (κ1) is 13.0. The second kappa shape index (κ2) is 5.07. The van der Waals surface area contributed by atoms with Crippen LogP contribution >= 0.6 is 27.5 Å². The third-order valence-corrected chi connectivity index (χ3v) is 3.69. The van der Waals surface area contributed by atoms with Gasteiger partial charge < -0.3 is 10.4 Å². The number of nitrogens with one attached hydrogen (secondary N) is 1. The van der Waals surface area contributed by atoms with Crippen LogP contribution in [0.15, 0.2) is 22.7 Å². The Kier molecular flexibility index (Phi) is 3.68. The summed E-state index contributed by atoms with van der Waals surface area (Å²) in [7, 11) is 0. The van der Waals surface area contributed by atoms with Gasteiger partial charge >= 0.3 is 5.97 Å². The number of carboxylic acids is 1. The van der Waals surface area contributed by atoms with E-state index in [9.17, 15) is 4.79 Å². The molecule has 0 fully saturated rings. The Bertz CT molecular complexity index is 590. The van der Waals surface area contributed by atoms with Gasteiger partial charge in [0.15, 0.2) is 0 Å². The number of rotatable bonds is 3. The van der Waals surface area contributed by atoms with E-state index in [1.165, 1.54) is 0 Å². The summed E-state index contributed by atoms with van der Waals surface area (Å²) in [6.45, 7) is 3.67. The van der Waals surface area contributed by atoms with Gasteiger partial charge in [0.05, 0.1) is 5.69 Å². The first-order valence-electron chi connectivity index (χ1n) is 5.21. The lowest BCUT2D eigenvalue weighted by Crippen LogP contribution is -2.01. The lowest BCUT2D eigenvalue weighted by molar-refractivity contribution is 0.0697. The van der Waals surface area contributed by atoms with Gasteiger partial charge in [0.25, 0.3) is 0 Å². The average molecular weight is 327 g/mol. The fraction of sp³-hybridized carbons (Fsp3) is 0.167. The van der Waals surface area contributed by atoms with Crippen molar-refractivity contribution < 1.29 is 9.90 Å². The monoisotopic (exact) mass is 326 g/mol. The van der Waals surface area contributed by atoms with Crippen LogP contribution in [0.2, 0.25) is 0 Å². The minimum Gasteiger partial charge on any atom is -0.478 e. The summed E-state index contributed by atoms with van der Waals surface area (Å²) in [6, 6.07) is 5.83. The number of benzene rings is 1. The van der Waals surface area contributed by atoms with Gasteiger partial charge in [0, 0.05) is 10.2 Å². The summed E-state index contributed by atoms with van der Waals surface area (Å²) in [5.41, 5.74) is 2.69. The number of anilines is 2. The molecule has 0 aliphatic heterocycles. The summed E-state index contributed by atoms with van der Waals surface area (Å²) in [5.74, 6) is -0.963. The van der Waals surface area contributed by atoms with E-state index in [4.69, 9.17) is 5.11 Å². The van der Waals surface area contributed by atoms with Gasteiger partial charge in [-0.1, -0.05) is 15.9 Å². The van der Waals surface area contributed by atoms with Gasteiger partial charge in [-0.3, -0.25) is 0 Å². The zero-order valence-corrected chi connectivity index (χ0v) is 12.2. The molecular formula is C12H11BrN2O2S. The molecule has 4 nitrogen and oxygen atoms in total. The molecule has 18 heavy (non-hydrogen) atoms. The third kappa shape index (κ3) is 2.70. The highest BCUT2D eigenvalue weighted by Crippen LogP contribution is 2.29. The third-order valence-electron chi connectivity index (χ3n) is 2.38. The molecule has 2 rings (SSSR count). The Morgan fingerprint density at radius 3 is 2.72 bits per heavy atom. The lowest BCUT2D eigenvalue weighted by Gasteiger charge is -2.06. The van der Waals surface area contributed by atoms with Gasteiger partial charge in [-0.2, -0.15) is 4.37 Å². The molecule has 0 amide bonds. The molecule has 1 aromatic heterocycles. The van der Waals surface area contributed by atoms with E-state index in [-0.39, 0.29) is 5.56 Å². The first-order chi connectivity index (χ1) is 8.47. The van der Waals surface area contributed by atoms with Crippen molar-refractivity contribution in [1.29, 1.82) is 0 Å². The summed E-state index contributed by atoms with van der Waals surface area (Å²) in [5, 5.41) is 12.8. The van der Waals surface area contributed by atoms with E-state index in [2.05, 4.69) is 25.6 Å². The minimum absolute atomic E-state index is 0.234. The summed E-state index contributed by atoms with van der Waals surface area (Å²) >= 11 is 4.56. The van der Waals surface area contributed by atoms with Crippen LogP contribution in [-0.4, -0.2) is 15.4 Å². The number of aryl methyl sites for hydroxylation is 2. The Morgan fingerprint density at radius 1 is 1.39 bits per heavy atom. The molecule has 0 saturated carbocycles. The zero-order chi connectivity index (χ0) is 13.3. The van der Waals surface area contributed by atoms with Gasteiger partial charge in [0.1, 0.15) is 10.6 Å². The van der Waals surface area contributed by atoms with Gasteiger partial charge in [-0.05, 0) is 49.1 Å². The molecule has 2 N–H and O–H groups in total. The van der Waals surface area contributed by atoms with E-state index < -0.39 is 5.97 Å². The van der Waals surface area contributed by atoms with Crippen LogP contribution in [0.4, 0.5) is 10.7 Å². The van der Waals surface area contributed by atoms with E-state index >= 15 is 0 Å². The van der Waals surface area contributed by atoms with Crippen molar-refractivity contribution in [3.8, 4) is 0 Å². The summed E-state index contributed by atoms with van der Waals surface area (Å²) < 4.78 is 5.01. The van der Waals surface area contributed by atoms with Crippen molar-refractivity contribution in [3.05, 3.63) is 39.5 Å². The second-order valence-corrected chi connectivity index (χ2v) is 5.61. The van der Waals surface area contributed by atoms with Crippen molar-refractivity contribution >= 4 is 44.1 Å². The Balaban J connectivity index is 2.37. The van der Waals surface area contributed by atoms with Crippen LogP contribution in [0.3, 0.4) is 0 Å². The molecule has 0 radical (unpaired) electrons. The summed E-state index contributed by atoms with van der Waals surface area (Å²) in [4.78, 5) is 11.1. The maximum absolute atomic E-state index is 11.1. The molecule has 0 aliphatic carbocycles. The maximum atomic E-state index is 11.1. The molecule has 0 unspecified atom stereocenters. The van der Waals surface area contributed by atoms with Gasteiger partial charge in [0.2, 0.25) is 0 Å². The van der Waals surface area contributed by atoms with Crippen LogP contribution in [0.1, 0.15) is 21.6 Å². The number of halogens is 1. The predicted octanol–water partition coefficient (Wildman–Crippen LogP) is 3.96. The number of carbonyl (C=O) groups is 1. The molecule has 0 spiro atoms. The fourth-order valence-corrected chi connectivity index (χ4v) is 3.06. The zero-order valence-electron chi connectivity index (χ0n) is 9.82. The quantitative estimate of drug-likeness (QED) is 0.896. The number of hydrogen-bond donors (Lipinski definition) is 2. The van der Waals surface area contributed by atoms with Crippen LogP contribution in [0, 0.1) is 13.8 Å². The highest BCUT2D eigenvalue weighted by molar-refractivity contribution is 9.10. The van der Waals surface area contributed by atoms with Crippen molar-refractivity contribution in [1.82, 2.24) is 4.37 Å². The molecular weight excluding hydrogens is 316 g/mol. The minimum atomic E-state index is -0.963. The van der Waals surface area contributed by atoms with Crippen molar-refractivity contribution in [3.63, 3.8) is 0 Å². The first-order valence-corrected chi connectivity index (χ1v) is 6.78. The Morgan fingerprint density at radius 2 is 2.11 bits per heavy atom. The fourth-order valence-electron chi connectivity index (χ4n) is 1.65.